The van der Waals surface area contributed by atoms with Crippen LogP contribution in [0.25, 0.3) is 11.2 Å². The SMILES string of the molecule is Cc1ccc(Cn2c(=O)c3c(nc4n3CCCN4c3ccc(Cl)cc3)n(C)c2=O)cc1. The second kappa shape index (κ2) is 7.42. The second-order valence-electron chi connectivity index (χ2n) is 7.94. The Kier molecular flexibility index (Phi) is 4.70. The van der Waals surface area contributed by atoms with Crippen molar-refractivity contribution < 1.29 is 0 Å². The first-order valence-electron chi connectivity index (χ1n) is 10.2. The van der Waals surface area contributed by atoms with Crippen LogP contribution in [0.2, 0.25) is 5.02 Å². The number of aryl methyl sites for hydroxylation is 3. The minimum absolute atomic E-state index is 0.225. The van der Waals surface area contributed by atoms with E-state index in [1.54, 1.807) is 7.05 Å². The third kappa shape index (κ3) is 3.25. The van der Waals surface area contributed by atoms with Gasteiger partial charge < -0.3 is 9.47 Å². The Morgan fingerprint density at radius 2 is 1.71 bits per heavy atom. The van der Waals surface area contributed by atoms with E-state index in [9.17, 15) is 9.59 Å². The number of fused-ring (bicyclic) bond motifs is 3. The molecule has 7 nitrogen and oxygen atoms in total. The standard InChI is InChI=1S/C23H22ClN5O2/c1-15-4-6-16(7-5-15)14-29-21(30)19-20(26(2)23(29)31)25-22-27(12-3-13-28(19)22)18-10-8-17(24)9-11-18/h4-11H,3,12-14H2,1-2H3. The Labute approximate surface area is 183 Å². The lowest BCUT2D eigenvalue weighted by Crippen LogP contribution is -2.40. The normalized spacial score (nSPS) is 13.6. The predicted molar refractivity (Wildman–Crippen MR) is 123 cm³/mol. The zero-order chi connectivity index (χ0) is 21.7. The van der Waals surface area contributed by atoms with Gasteiger partial charge in [-0.15, -0.1) is 0 Å². The fourth-order valence-electron chi connectivity index (χ4n) is 4.15. The van der Waals surface area contributed by atoms with Gasteiger partial charge in [-0.2, -0.15) is 4.98 Å². The Bertz CT molecular complexity index is 1400. The van der Waals surface area contributed by atoms with Gasteiger partial charge in [-0.05, 0) is 43.2 Å². The molecule has 2 aromatic carbocycles. The summed E-state index contributed by atoms with van der Waals surface area (Å²) in [6, 6.07) is 15.4. The molecule has 0 N–H and O–H groups in total. The third-order valence-electron chi connectivity index (χ3n) is 5.82. The summed E-state index contributed by atoms with van der Waals surface area (Å²) in [7, 11) is 1.67. The maximum atomic E-state index is 13.4. The van der Waals surface area contributed by atoms with Gasteiger partial charge in [-0.25, -0.2) is 4.79 Å². The molecule has 0 unspecified atom stereocenters. The first-order valence-corrected chi connectivity index (χ1v) is 10.6. The van der Waals surface area contributed by atoms with E-state index in [1.807, 2.05) is 60.0 Å². The Balaban J connectivity index is 1.68. The molecule has 1 aliphatic heterocycles. The molecule has 0 saturated heterocycles. The van der Waals surface area contributed by atoms with Crippen molar-refractivity contribution in [1.29, 1.82) is 0 Å². The molecule has 0 atom stereocenters. The van der Waals surface area contributed by atoms with Crippen LogP contribution in [0.5, 0.6) is 0 Å². The zero-order valence-corrected chi connectivity index (χ0v) is 18.1. The summed E-state index contributed by atoms with van der Waals surface area (Å²) in [5, 5.41) is 0.663. The van der Waals surface area contributed by atoms with Crippen LogP contribution >= 0.6 is 11.6 Å². The van der Waals surface area contributed by atoms with Gasteiger partial charge in [-0.1, -0.05) is 41.4 Å². The molecule has 0 radical (unpaired) electrons. The minimum atomic E-state index is -0.369. The number of anilines is 2. The van der Waals surface area contributed by atoms with E-state index in [1.165, 1.54) is 9.13 Å². The molecule has 0 spiro atoms. The summed E-state index contributed by atoms with van der Waals surface area (Å²) >= 11 is 6.05. The highest BCUT2D eigenvalue weighted by atomic mass is 35.5. The number of hydrogen-bond acceptors (Lipinski definition) is 4. The van der Waals surface area contributed by atoms with E-state index in [0.29, 0.717) is 28.7 Å². The molecule has 1 aliphatic rings. The Morgan fingerprint density at radius 1 is 1.00 bits per heavy atom. The molecule has 158 valence electrons. The molecule has 3 heterocycles. The summed E-state index contributed by atoms with van der Waals surface area (Å²) in [6.45, 7) is 3.68. The van der Waals surface area contributed by atoms with Gasteiger partial charge in [0.15, 0.2) is 11.2 Å². The smallest absolute Gasteiger partial charge is 0.312 e. The molecule has 0 amide bonds. The number of hydrogen-bond donors (Lipinski definition) is 0. The van der Waals surface area contributed by atoms with Gasteiger partial charge >= 0.3 is 5.69 Å². The minimum Gasteiger partial charge on any atom is -0.312 e. The van der Waals surface area contributed by atoms with Crippen LogP contribution in [0.3, 0.4) is 0 Å². The Morgan fingerprint density at radius 3 is 2.42 bits per heavy atom. The van der Waals surface area contributed by atoms with Crippen LogP contribution in [-0.2, 0) is 20.1 Å². The van der Waals surface area contributed by atoms with E-state index in [-0.39, 0.29) is 17.8 Å². The maximum absolute atomic E-state index is 13.4. The van der Waals surface area contributed by atoms with Gasteiger partial charge in [-0.3, -0.25) is 13.9 Å². The van der Waals surface area contributed by atoms with E-state index < -0.39 is 0 Å². The number of halogens is 1. The molecule has 5 rings (SSSR count). The largest absolute Gasteiger partial charge is 0.332 e. The molecule has 8 heteroatoms. The molecule has 0 aliphatic carbocycles. The highest BCUT2D eigenvalue weighted by Crippen LogP contribution is 2.31. The molecule has 0 saturated carbocycles. The van der Waals surface area contributed by atoms with Crippen LogP contribution in [-0.4, -0.2) is 25.2 Å². The Hall–Kier alpha value is -3.32. The maximum Gasteiger partial charge on any atom is 0.332 e. The van der Waals surface area contributed by atoms with Crippen LogP contribution in [0.1, 0.15) is 17.5 Å². The molecule has 4 aromatic rings. The first-order chi connectivity index (χ1) is 14.9. The van der Waals surface area contributed by atoms with Crippen LogP contribution < -0.4 is 16.1 Å². The first kappa shape index (κ1) is 19.6. The van der Waals surface area contributed by atoms with Crippen molar-refractivity contribution in [3.63, 3.8) is 0 Å². The van der Waals surface area contributed by atoms with Crippen molar-refractivity contribution in [2.75, 3.05) is 11.4 Å². The summed E-state index contributed by atoms with van der Waals surface area (Å²) in [5.74, 6) is 0.670. The zero-order valence-electron chi connectivity index (χ0n) is 17.4. The summed E-state index contributed by atoms with van der Waals surface area (Å²) < 4.78 is 4.69. The summed E-state index contributed by atoms with van der Waals surface area (Å²) in [4.78, 5) is 33.3. The lowest BCUT2D eigenvalue weighted by molar-refractivity contribution is 0.597. The molecular weight excluding hydrogens is 414 g/mol. The van der Waals surface area contributed by atoms with E-state index in [0.717, 1.165) is 29.8 Å². The lowest BCUT2D eigenvalue weighted by Gasteiger charge is -2.29. The molecular formula is C23H22ClN5O2. The lowest BCUT2D eigenvalue weighted by atomic mass is 10.1. The number of aromatic nitrogens is 4. The van der Waals surface area contributed by atoms with Crippen molar-refractivity contribution in [2.45, 2.75) is 26.4 Å². The highest BCUT2D eigenvalue weighted by Gasteiger charge is 2.27. The van der Waals surface area contributed by atoms with Crippen molar-refractivity contribution in [3.8, 4) is 0 Å². The number of nitrogens with zero attached hydrogens (tertiary/aromatic N) is 5. The van der Waals surface area contributed by atoms with Gasteiger partial charge in [0.2, 0.25) is 5.95 Å². The predicted octanol–water partition coefficient (Wildman–Crippen LogP) is 3.45. The average molecular weight is 436 g/mol. The number of imidazole rings is 1. The van der Waals surface area contributed by atoms with Gasteiger partial charge in [0.05, 0.1) is 6.54 Å². The molecule has 0 fully saturated rings. The van der Waals surface area contributed by atoms with Crippen molar-refractivity contribution in [3.05, 3.63) is 85.5 Å². The van der Waals surface area contributed by atoms with Crippen LogP contribution in [0.15, 0.2) is 58.1 Å². The summed E-state index contributed by atoms with van der Waals surface area (Å²) in [6.07, 6.45) is 0.862. The molecule has 2 aromatic heterocycles. The van der Waals surface area contributed by atoms with E-state index in [4.69, 9.17) is 16.6 Å². The fraction of sp³-hybridized carbons (Fsp3) is 0.261. The van der Waals surface area contributed by atoms with Gasteiger partial charge in [0, 0.05) is 30.8 Å². The van der Waals surface area contributed by atoms with Crippen LogP contribution in [0, 0.1) is 6.92 Å². The van der Waals surface area contributed by atoms with Gasteiger partial charge in [0.1, 0.15) is 0 Å². The topological polar surface area (TPSA) is 65.1 Å². The average Bonchev–Trinajstić information content (AvgIpc) is 3.17. The molecule has 0 bridgehead atoms. The number of benzene rings is 2. The van der Waals surface area contributed by atoms with E-state index >= 15 is 0 Å². The van der Waals surface area contributed by atoms with E-state index in [2.05, 4.69) is 4.90 Å². The summed E-state index contributed by atoms with van der Waals surface area (Å²) in [5.41, 5.74) is 3.18. The van der Waals surface area contributed by atoms with Crippen molar-refractivity contribution >= 4 is 34.4 Å². The quantitative estimate of drug-likeness (QED) is 0.494. The second-order valence-corrected chi connectivity index (χ2v) is 8.37. The van der Waals surface area contributed by atoms with Gasteiger partial charge in [0.25, 0.3) is 5.56 Å². The highest BCUT2D eigenvalue weighted by molar-refractivity contribution is 6.30. The monoisotopic (exact) mass is 435 g/mol. The fourth-order valence-corrected chi connectivity index (χ4v) is 4.27. The third-order valence-corrected chi connectivity index (χ3v) is 6.07. The molecule has 31 heavy (non-hydrogen) atoms. The number of rotatable bonds is 3. The van der Waals surface area contributed by atoms with Crippen molar-refractivity contribution in [1.82, 2.24) is 18.7 Å². The van der Waals surface area contributed by atoms with Crippen molar-refractivity contribution in [2.24, 2.45) is 7.05 Å². The van der Waals surface area contributed by atoms with Crippen LogP contribution in [0.4, 0.5) is 11.6 Å².